The molecule has 2 nitrogen and oxygen atoms in total. The van der Waals surface area contributed by atoms with Crippen molar-refractivity contribution in [3.05, 3.63) is 12.2 Å². The molecule has 1 unspecified atom stereocenters. The molecule has 0 aromatic heterocycles. The fourth-order valence-electron chi connectivity index (χ4n) is 0.948. The van der Waals surface area contributed by atoms with Crippen LogP contribution in [0.4, 0.5) is 0 Å². The largest absolute Gasteiger partial charge is 0.418 e. The molecule has 3 heteroatoms. The van der Waals surface area contributed by atoms with Crippen LogP contribution in [0.15, 0.2) is 12.2 Å². The van der Waals surface area contributed by atoms with Crippen molar-refractivity contribution in [2.45, 2.75) is 39.5 Å². The number of hydrogen-bond acceptors (Lipinski definition) is 2. The van der Waals surface area contributed by atoms with Crippen molar-refractivity contribution in [2.24, 2.45) is 0 Å². The molecule has 0 N–H and O–H groups in total. The Morgan fingerprint density at radius 3 is 2.42 bits per heavy atom. The first-order valence-electron chi connectivity index (χ1n) is 4.27. The first-order chi connectivity index (χ1) is 5.43. The zero-order valence-corrected chi connectivity index (χ0v) is 9.54. The summed E-state index contributed by atoms with van der Waals surface area (Å²) in [5.41, 5.74) is 0.640. The molecule has 0 rings (SSSR count). The van der Waals surface area contributed by atoms with Gasteiger partial charge in [0.1, 0.15) is 0 Å². The lowest BCUT2D eigenvalue weighted by Crippen LogP contribution is -2.22. The lowest BCUT2D eigenvalue weighted by atomic mass is 10.2. The predicted molar refractivity (Wildman–Crippen MR) is 53.9 cm³/mol. The molecular weight excluding hydrogens is 168 g/mol. The Morgan fingerprint density at radius 2 is 2.08 bits per heavy atom. The fourth-order valence-corrected chi connectivity index (χ4v) is 2.84. The molecule has 0 saturated heterocycles. The zero-order chi connectivity index (χ0) is 9.72. The fraction of sp³-hybridized carbons (Fsp3) is 0.667. The zero-order valence-electron chi connectivity index (χ0n) is 8.39. The number of ketones is 1. The van der Waals surface area contributed by atoms with Gasteiger partial charge in [0.15, 0.2) is 14.8 Å². The van der Waals surface area contributed by atoms with Gasteiger partial charge in [-0.3, -0.25) is 4.79 Å². The summed E-state index contributed by atoms with van der Waals surface area (Å²) in [7, 11) is -1.28. The Hall–Kier alpha value is -0.413. The third kappa shape index (κ3) is 5.27. The monoisotopic (exact) mass is 186 g/mol. The van der Waals surface area contributed by atoms with Crippen LogP contribution in [0.25, 0.3) is 0 Å². The van der Waals surface area contributed by atoms with Crippen molar-refractivity contribution >= 4 is 14.8 Å². The minimum absolute atomic E-state index is 0.148. The molecule has 0 heterocycles. The number of carbonyl (C=O) groups excluding carboxylic acids is 1. The number of rotatable bonds is 5. The van der Waals surface area contributed by atoms with Gasteiger partial charge in [0.2, 0.25) is 0 Å². The number of hydrogen-bond donors (Lipinski definition) is 0. The highest BCUT2D eigenvalue weighted by atomic mass is 28.3. The smallest absolute Gasteiger partial charge is 0.181 e. The maximum absolute atomic E-state index is 11.2. The predicted octanol–water partition coefficient (Wildman–Crippen LogP) is 1.91. The second-order valence-corrected chi connectivity index (χ2v) is 5.70. The van der Waals surface area contributed by atoms with Gasteiger partial charge in [-0.15, -0.1) is 0 Å². The van der Waals surface area contributed by atoms with Gasteiger partial charge in [-0.1, -0.05) is 6.58 Å². The summed E-state index contributed by atoms with van der Waals surface area (Å²) in [6.45, 7) is 11.4. The van der Waals surface area contributed by atoms with Gasteiger partial charge in [-0.25, -0.2) is 0 Å². The molecule has 0 amide bonds. The van der Waals surface area contributed by atoms with Gasteiger partial charge in [-0.05, 0) is 32.9 Å². The molecule has 0 aromatic carbocycles. The first kappa shape index (κ1) is 11.6. The summed E-state index contributed by atoms with van der Waals surface area (Å²) >= 11 is 0. The average Bonchev–Trinajstić information content (AvgIpc) is 1.84. The number of Topliss-reactive ketones (excluding diaryl/α,β-unsaturated/α-hetero) is 1. The van der Waals surface area contributed by atoms with E-state index < -0.39 is 9.04 Å². The van der Waals surface area contributed by atoms with Crippen molar-refractivity contribution < 1.29 is 9.22 Å². The van der Waals surface area contributed by atoms with Crippen molar-refractivity contribution in [3.8, 4) is 0 Å². The lowest BCUT2D eigenvalue weighted by Gasteiger charge is -2.13. The van der Waals surface area contributed by atoms with E-state index in [0.29, 0.717) is 11.6 Å². The Bertz CT molecular complexity index is 175. The van der Waals surface area contributed by atoms with Crippen LogP contribution in [0.1, 0.15) is 20.8 Å². The van der Waals surface area contributed by atoms with E-state index in [1.807, 2.05) is 20.4 Å². The van der Waals surface area contributed by atoms with Crippen LogP contribution in [0.3, 0.4) is 0 Å². The van der Waals surface area contributed by atoms with Gasteiger partial charge in [0, 0.05) is 12.1 Å². The van der Waals surface area contributed by atoms with E-state index in [0.717, 1.165) is 0 Å². The molecule has 0 saturated carbocycles. The standard InChI is InChI=1S/C9H18O2Si/c1-7(2)9(10)6-12(5)11-8(3)4/h8,12H,1,6H2,2-5H3. The van der Waals surface area contributed by atoms with Crippen LogP contribution >= 0.6 is 0 Å². The van der Waals surface area contributed by atoms with E-state index in [-0.39, 0.29) is 11.9 Å². The van der Waals surface area contributed by atoms with Crippen molar-refractivity contribution in [1.29, 1.82) is 0 Å². The van der Waals surface area contributed by atoms with Crippen molar-refractivity contribution in [1.82, 2.24) is 0 Å². The van der Waals surface area contributed by atoms with Crippen molar-refractivity contribution in [3.63, 3.8) is 0 Å². The lowest BCUT2D eigenvalue weighted by molar-refractivity contribution is -0.113. The average molecular weight is 186 g/mol. The molecule has 0 fully saturated rings. The Balaban J connectivity index is 3.76. The van der Waals surface area contributed by atoms with E-state index in [1.54, 1.807) is 6.92 Å². The van der Waals surface area contributed by atoms with Crippen LogP contribution in [-0.4, -0.2) is 20.9 Å². The number of carbonyl (C=O) groups is 1. The third-order valence-electron chi connectivity index (χ3n) is 1.45. The van der Waals surface area contributed by atoms with Crippen molar-refractivity contribution in [2.75, 3.05) is 0 Å². The molecule has 0 aliphatic heterocycles. The SMILES string of the molecule is C=C(C)C(=O)C[SiH](C)OC(C)C. The Kier molecular flexibility index (Phi) is 5.09. The normalized spacial score (nSPS) is 13.1. The van der Waals surface area contributed by atoms with Crippen LogP contribution in [0, 0.1) is 0 Å². The summed E-state index contributed by atoms with van der Waals surface area (Å²) in [5.74, 6) is 0.148. The first-order valence-corrected chi connectivity index (χ1v) is 6.72. The van der Waals surface area contributed by atoms with Crippen LogP contribution in [0.2, 0.25) is 12.6 Å². The Labute approximate surface area is 76.3 Å². The topological polar surface area (TPSA) is 26.3 Å². The van der Waals surface area contributed by atoms with Crippen LogP contribution < -0.4 is 0 Å². The third-order valence-corrected chi connectivity index (χ3v) is 3.41. The summed E-state index contributed by atoms with van der Waals surface area (Å²) in [6, 6.07) is 0.577. The summed E-state index contributed by atoms with van der Waals surface area (Å²) < 4.78 is 5.55. The van der Waals surface area contributed by atoms with Gasteiger partial charge >= 0.3 is 0 Å². The molecule has 70 valence electrons. The van der Waals surface area contributed by atoms with E-state index >= 15 is 0 Å². The van der Waals surface area contributed by atoms with Gasteiger partial charge in [0.25, 0.3) is 0 Å². The van der Waals surface area contributed by atoms with Gasteiger partial charge < -0.3 is 4.43 Å². The minimum atomic E-state index is -1.28. The second kappa shape index (κ2) is 5.27. The molecule has 0 aliphatic carbocycles. The van der Waals surface area contributed by atoms with E-state index in [4.69, 9.17) is 4.43 Å². The highest BCUT2D eigenvalue weighted by Gasteiger charge is 2.12. The molecule has 0 aliphatic rings. The molecule has 0 spiro atoms. The molecule has 1 atom stereocenters. The number of allylic oxidation sites excluding steroid dienone is 1. The van der Waals surface area contributed by atoms with Crippen LogP contribution in [0.5, 0.6) is 0 Å². The molecule has 0 aromatic rings. The summed E-state index contributed by atoms with van der Waals surface area (Å²) in [6.07, 6.45) is 0.240. The van der Waals surface area contributed by atoms with Gasteiger partial charge in [0.05, 0.1) is 0 Å². The maximum atomic E-state index is 11.2. The summed E-state index contributed by atoms with van der Waals surface area (Å²) in [5, 5.41) is 0. The van der Waals surface area contributed by atoms with E-state index in [2.05, 4.69) is 6.58 Å². The molecule has 0 bridgehead atoms. The van der Waals surface area contributed by atoms with E-state index in [1.165, 1.54) is 0 Å². The second-order valence-electron chi connectivity index (χ2n) is 3.40. The maximum Gasteiger partial charge on any atom is 0.181 e. The molecular formula is C9H18O2Si. The quantitative estimate of drug-likeness (QED) is 0.484. The van der Waals surface area contributed by atoms with E-state index in [9.17, 15) is 4.79 Å². The Morgan fingerprint density at radius 1 is 1.58 bits per heavy atom. The highest BCUT2D eigenvalue weighted by molar-refractivity contribution is 6.55. The highest BCUT2D eigenvalue weighted by Crippen LogP contribution is 2.04. The molecule has 12 heavy (non-hydrogen) atoms. The van der Waals surface area contributed by atoms with Gasteiger partial charge in [-0.2, -0.15) is 0 Å². The minimum Gasteiger partial charge on any atom is -0.418 e. The summed E-state index contributed by atoms with van der Waals surface area (Å²) in [4.78, 5) is 11.2. The van der Waals surface area contributed by atoms with Crippen LogP contribution in [-0.2, 0) is 9.22 Å². The molecule has 0 radical (unpaired) electrons.